The van der Waals surface area contributed by atoms with E-state index in [1.807, 2.05) is 0 Å². The molecule has 8 N–H and O–H groups in total. The van der Waals surface area contributed by atoms with Crippen molar-refractivity contribution in [3.8, 4) is 0 Å². The fraction of sp³-hybridized carbons (Fsp3) is 0.667. The first kappa shape index (κ1) is 13.3. The highest BCUT2D eigenvalue weighted by Gasteiger charge is 2.15. The van der Waals surface area contributed by atoms with E-state index in [9.17, 15) is 14.9 Å². The van der Waals surface area contributed by atoms with Gasteiger partial charge in [-0.3, -0.25) is 4.79 Å². The van der Waals surface area contributed by atoms with Gasteiger partial charge in [-0.2, -0.15) is 0 Å². The van der Waals surface area contributed by atoms with Gasteiger partial charge in [0.2, 0.25) is 5.91 Å². The van der Waals surface area contributed by atoms with Gasteiger partial charge in [-0.05, 0) is 12.8 Å². The summed E-state index contributed by atoms with van der Waals surface area (Å²) in [5.74, 6) is -0.969. The minimum absolute atomic E-state index is 0.199. The quantitative estimate of drug-likeness (QED) is 0.165. The maximum Gasteiger partial charge on any atom is 0.234 e. The van der Waals surface area contributed by atoms with Crippen LogP contribution in [0.1, 0.15) is 12.8 Å². The summed E-state index contributed by atoms with van der Waals surface area (Å²) in [6.45, 7) is 0. The lowest BCUT2D eigenvalue weighted by atomic mass is 10.1. The summed E-state index contributed by atoms with van der Waals surface area (Å²) in [4.78, 5) is 20.5. The molecular formula is C6H14N6O3. The zero-order valence-electron chi connectivity index (χ0n) is 8.00. The van der Waals surface area contributed by atoms with Crippen molar-refractivity contribution in [2.45, 2.75) is 24.9 Å². The topological polar surface area (TPSA) is 177 Å². The molecule has 0 aliphatic heterocycles. The molecule has 0 aromatic heterocycles. The van der Waals surface area contributed by atoms with Gasteiger partial charge in [0.25, 0.3) is 0 Å². The number of carbonyl (C=O) groups excluding carboxylic acids is 1. The Hall–Kier alpha value is -1.74. The molecule has 0 aromatic rings. The van der Waals surface area contributed by atoms with Gasteiger partial charge in [-0.1, -0.05) is 0 Å². The fourth-order valence-electron chi connectivity index (χ4n) is 0.818. The van der Waals surface area contributed by atoms with Gasteiger partial charge in [0.15, 0.2) is 10.9 Å². The smallest absolute Gasteiger partial charge is 0.234 e. The van der Waals surface area contributed by atoms with Crippen LogP contribution in [-0.4, -0.2) is 28.9 Å². The van der Waals surface area contributed by atoms with Crippen molar-refractivity contribution in [1.29, 1.82) is 0 Å². The summed E-state index contributed by atoms with van der Waals surface area (Å²) in [7, 11) is 0. The van der Waals surface area contributed by atoms with Crippen LogP contribution in [0.2, 0.25) is 0 Å². The van der Waals surface area contributed by atoms with Gasteiger partial charge in [0.05, 0.1) is 17.2 Å². The molecule has 86 valence electrons. The largest absolute Gasteiger partial charge is 0.381 e. The van der Waals surface area contributed by atoms with E-state index in [4.69, 9.17) is 22.9 Å². The number of amidine groups is 1. The maximum absolute atomic E-state index is 10.5. The Kier molecular flexibility index (Phi) is 5.20. The second-order valence-electron chi connectivity index (χ2n) is 2.96. The Bertz CT molecular complexity index is 278. The van der Waals surface area contributed by atoms with Crippen LogP contribution < -0.4 is 22.9 Å². The third-order valence-corrected chi connectivity index (χ3v) is 1.73. The Morgan fingerprint density at radius 3 is 2.13 bits per heavy atom. The Morgan fingerprint density at radius 1 is 1.27 bits per heavy atom. The Balaban J connectivity index is 4.09. The molecule has 1 unspecified atom stereocenters. The van der Waals surface area contributed by atoms with Gasteiger partial charge in [0.1, 0.15) is 0 Å². The third kappa shape index (κ3) is 5.54. The molecule has 0 heterocycles. The van der Waals surface area contributed by atoms with Crippen molar-refractivity contribution in [3.63, 3.8) is 0 Å². The normalized spacial score (nSPS) is 15.7. The van der Waals surface area contributed by atoms with E-state index in [1.54, 1.807) is 0 Å². The van der Waals surface area contributed by atoms with Crippen LogP contribution >= 0.6 is 0 Å². The molecule has 0 fully saturated rings. The van der Waals surface area contributed by atoms with Crippen molar-refractivity contribution in [1.82, 2.24) is 0 Å². The van der Waals surface area contributed by atoms with Gasteiger partial charge in [-0.15, -0.1) is 0 Å². The molecule has 0 saturated heterocycles. The maximum atomic E-state index is 10.5. The molecule has 0 aromatic carbocycles. The Morgan fingerprint density at radius 2 is 1.73 bits per heavy atom. The zero-order valence-corrected chi connectivity index (χ0v) is 8.00. The summed E-state index contributed by atoms with van der Waals surface area (Å²) in [5, 5.41) is 11.8. The van der Waals surface area contributed by atoms with Crippen LogP contribution in [0, 0.1) is 10.1 Å². The van der Waals surface area contributed by atoms with Crippen molar-refractivity contribution in [2.24, 2.45) is 28.0 Å². The first-order valence-electron chi connectivity index (χ1n) is 4.13. The predicted octanol–water partition coefficient (Wildman–Crippen LogP) is -2.54. The Labute approximate surface area is 85.6 Å². The zero-order chi connectivity index (χ0) is 12.0. The predicted molar refractivity (Wildman–Crippen MR) is 53.0 cm³/mol. The number of nitro groups is 1. The highest BCUT2D eigenvalue weighted by molar-refractivity contribution is 5.85. The lowest BCUT2D eigenvalue weighted by Crippen LogP contribution is -2.41. The molecule has 9 nitrogen and oxygen atoms in total. The van der Waals surface area contributed by atoms with E-state index in [1.165, 1.54) is 0 Å². The highest BCUT2D eigenvalue weighted by atomic mass is 16.7. The SMILES string of the molecule is NC(=O)[C@@H](N)CCC(N)C(N)=N[N+](=O)[O-]. The molecule has 9 heteroatoms. The van der Waals surface area contributed by atoms with Crippen LogP contribution in [0.3, 0.4) is 0 Å². The lowest BCUT2D eigenvalue weighted by Gasteiger charge is -2.11. The van der Waals surface area contributed by atoms with Crippen molar-refractivity contribution in [3.05, 3.63) is 10.1 Å². The number of hydrogen-bond donors (Lipinski definition) is 4. The number of rotatable bonds is 6. The summed E-state index contributed by atoms with van der Waals surface area (Å²) in [5.41, 5.74) is 20.9. The molecule has 0 spiro atoms. The number of amides is 1. The molecule has 0 rings (SSSR count). The van der Waals surface area contributed by atoms with Crippen molar-refractivity contribution >= 4 is 11.7 Å². The average molecular weight is 218 g/mol. The van der Waals surface area contributed by atoms with Crippen LogP contribution in [0.15, 0.2) is 5.10 Å². The molecule has 0 bridgehead atoms. The van der Waals surface area contributed by atoms with Gasteiger partial charge >= 0.3 is 0 Å². The number of hydrazone groups is 1. The molecule has 15 heavy (non-hydrogen) atoms. The van der Waals surface area contributed by atoms with E-state index in [2.05, 4.69) is 5.10 Å². The summed E-state index contributed by atoms with van der Waals surface area (Å²) >= 11 is 0. The van der Waals surface area contributed by atoms with E-state index >= 15 is 0 Å². The molecular weight excluding hydrogens is 204 g/mol. The van der Waals surface area contributed by atoms with Gasteiger partial charge in [-0.25, -0.2) is 10.1 Å². The standard InChI is InChI=1S/C6H14N6O3/c7-3(5(9)11-12(14)15)1-2-4(8)6(10)13/h3-4H,1-2,7-8H2,(H2,9,11)(H2,10,13)/t3?,4-/m0/s1. The molecule has 0 saturated carbocycles. The molecule has 0 radical (unpaired) electrons. The lowest BCUT2D eigenvalue weighted by molar-refractivity contribution is -0.485. The second kappa shape index (κ2) is 5.88. The van der Waals surface area contributed by atoms with Gasteiger partial charge in [0, 0.05) is 0 Å². The number of carbonyl (C=O) groups is 1. The van der Waals surface area contributed by atoms with Crippen molar-refractivity contribution in [2.75, 3.05) is 0 Å². The summed E-state index contributed by atoms with van der Waals surface area (Å²) in [6, 6.07) is -1.64. The van der Waals surface area contributed by atoms with E-state index in [-0.39, 0.29) is 18.7 Å². The summed E-state index contributed by atoms with van der Waals surface area (Å²) in [6.07, 6.45) is 0.401. The monoisotopic (exact) mass is 218 g/mol. The first-order chi connectivity index (χ1) is 6.84. The number of hydrogen-bond acceptors (Lipinski definition) is 5. The van der Waals surface area contributed by atoms with Crippen LogP contribution in [0.25, 0.3) is 0 Å². The molecule has 1 amide bonds. The van der Waals surface area contributed by atoms with Crippen LogP contribution in [0.5, 0.6) is 0 Å². The average Bonchev–Trinajstić information content (AvgIpc) is 2.12. The third-order valence-electron chi connectivity index (χ3n) is 1.73. The minimum atomic E-state index is -0.941. The fourth-order valence-corrected chi connectivity index (χ4v) is 0.818. The van der Waals surface area contributed by atoms with Crippen molar-refractivity contribution < 1.29 is 9.83 Å². The number of primary amides is 1. The molecule has 0 aliphatic carbocycles. The van der Waals surface area contributed by atoms with Crippen LogP contribution in [-0.2, 0) is 4.79 Å². The van der Waals surface area contributed by atoms with E-state index in [0.717, 1.165) is 0 Å². The number of nitrogens with zero attached hydrogens (tertiary/aromatic N) is 2. The first-order valence-corrected chi connectivity index (χ1v) is 4.13. The van der Waals surface area contributed by atoms with E-state index < -0.39 is 23.0 Å². The second-order valence-corrected chi connectivity index (χ2v) is 2.96. The van der Waals surface area contributed by atoms with Crippen LogP contribution in [0.4, 0.5) is 0 Å². The number of nitrogens with two attached hydrogens (primary N) is 4. The van der Waals surface area contributed by atoms with E-state index in [0.29, 0.717) is 0 Å². The molecule has 0 aliphatic rings. The van der Waals surface area contributed by atoms with Gasteiger partial charge < -0.3 is 22.9 Å². The summed E-state index contributed by atoms with van der Waals surface area (Å²) < 4.78 is 0. The minimum Gasteiger partial charge on any atom is -0.381 e. The highest BCUT2D eigenvalue weighted by Crippen LogP contribution is 1.98. The molecule has 2 atom stereocenters.